The molecule has 0 aliphatic carbocycles. The third kappa shape index (κ3) is 17.6. The second-order valence-corrected chi connectivity index (χ2v) is 31.6. The maximum atomic E-state index is 13.4. The van der Waals surface area contributed by atoms with E-state index >= 15 is 0 Å². The third-order valence-electron chi connectivity index (χ3n) is 15.1. The maximum Gasteiger partial charge on any atom is 0.344 e. The summed E-state index contributed by atoms with van der Waals surface area (Å²) < 4.78 is 96.5. The minimum Gasteiger partial charge on any atom is -0.461 e. The fourth-order valence-corrected chi connectivity index (χ4v) is 14.3. The fraction of sp³-hybridized carbons (Fsp3) is 0.962. The van der Waals surface area contributed by atoms with Crippen molar-refractivity contribution in [2.75, 3.05) is 13.2 Å². The number of carbonyl (C=O) groups is 2. The Hall–Kier alpha value is -0.893. The van der Waals surface area contributed by atoms with E-state index in [-0.39, 0.29) is 91.4 Å². The van der Waals surface area contributed by atoms with E-state index in [4.69, 9.17) is 60.8 Å². The number of hydrogen-bond acceptors (Lipinski definition) is 16. The van der Waals surface area contributed by atoms with Crippen molar-refractivity contribution in [3.63, 3.8) is 0 Å². The lowest BCUT2D eigenvalue weighted by Crippen LogP contribution is -2.58. The molecule has 0 bridgehead atoms. The van der Waals surface area contributed by atoms with Gasteiger partial charge in [0.1, 0.15) is 12.4 Å². The SMILES string of the molecule is CCOP(=O)(OCC)C(C)C(=O)O[C@@H](C(C)C)[C@@H](C)CC[C@H]1C[C@@H](C[C@@H]2C[C@@H](C[C@@H]3C[C@H](C[C@@H]4C[C@]5(C[C@@H](O[Si](C)(C)C(C)(C)C)C[C@@H](CC=O)O5)O[C@H](C)O4)OC(C)(C)O3)OC(C)(C)O2)OC(C)(C)O1. The van der Waals surface area contributed by atoms with Gasteiger partial charge in [0.15, 0.2) is 43.4 Å². The maximum absolute atomic E-state index is 13.4. The van der Waals surface area contributed by atoms with Gasteiger partial charge in [0, 0.05) is 57.8 Å². The zero-order valence-corrected chi connectivity index (χ0v) is 48.9. The topological polar surface area (TPSA) is 171 Å². The highest BCUT2D eigenvalue weighted by molar-refractivity contribution is 7.55. The van der Waals surface area contributed by atoms with Crippen LogP contribution in [0.15, 0.2) is 0 Å². The Kier molecular flexibility index (Phi) is 21.1. The average Bonchev–Trinajstić information content (AvgIpc) is 3.18. The van der Waals surface area contributed by atoms with Crippen molar-refractivity contribution in [3.8, 4) is 0 Å². The number of rotatable bonds is 22. The highest BCUT2D eigenvalue weighted by Crippen LogP contribution is 2.54. The Bertz CT molecular complexity index is 1740. The van der Waals surface area contributed by atoms with E-state index in [1.807, 2.05) is 62.3 Å². The molecule has 5 saturated heterocycles. The van der Waals surface area contributed by atoms with Crippen LogP contribution in [-0.2, 0) is 75.0 Å². The highest BCUT2D eigenvalue weighted by atomic mass is 31.2. The Balaban J connectivity index is 1.19. The van der Waals surface area contributed by atoms with Crippen LogP contribution >= 0.6 is 7.60 Å². The predicted molar refractivity (Wildman–Crippen MR) is 272 cm³/mol. The van der Waals surface area contributed by atoms with Crippen LogP contribution in [0, 0.1) is 11.8 Å². The molecule has 1 spiro atoms. The average molecular weight is 1050 g/mol. The van der Waals surface area contributed by atoms with E-state index in [2.05, 4.69) is 40.8 Å². The van der Waals surface area contributed by atoms with Gasteiger partial charge in [-0.2, -0.15) is 0 Å². The lowest BCUT2D eigenvalue weighted by Gasteiger charge is -2.51. The first-order valence-corrected chi connectivity index (χ1v) is 31.6. The molecule has 5 aliphatic rings. The zero-order valence-electron chi connectivity index (χ0n) is 47.0. The largest absolute Gasteiger partial charge is 0.461 e. The summed E-state index contributed by atoms with van der Waals surface area (Å²) in [6.07, 6.45) is 6.18. The first kappa shape index (κ1) is 61.0. The molecule has 5 aliphatic heterocycles. The van der Waals surface area contributed by atoms with E-state index in [1.54, 1.807) is 20.8 Å². The van der Waals surface area contributed by atoms with Crippen molar-refractivity contribution in [1.29, 1.82) is 0 Å². The van der Waals surface area contributed by atoms with Gasteiger partial charge in [0.05, 0.1) is 68.1 Å². The molecule has 18 heteroatoms. The van der Waals surface area contributed by atoms with Crippen molar-refractivity contribution in [1.82, 2.24) is 0 Å². The number of hydrogen-bond donors (Lipinski definition) is 0. The van der Waals surface area contributed by atoms with Crippen LogP contribution in [-0.4, -0.2) is 130 Å². The molecular weight excluding hydrogens is 952 g/mol. The van der Waals surface area contributed by atoms with Gasteiger partial charge in [-0.15, -0.1) is 0 Å². The molecule has 0 aromatic rings. The molecule has 5 fully saturated rings. The molecule has 0 amide bonds. The van der Waals surface area contributed by atoms with Gasteiger partial charge in [0.2, 0.25) is 0 Å². The highest BCUT2D eigenvalue weighted by Gasteiger charge is 2.52. The first-order valence-electron chi connectivity index (χ1n) is 27.1. The second-order valence-electron chi connectivity index (χ2n) is 24.4. The second kappa shape index (κ2) is 24.6. The van der Waals surface area contributed by atoms with Gasteiger partial charge in [-0.05, 0) is 118 Å². The summed E-state index contributed by atoms with van der Waals surface area (Å²) >= 11 is 0. The van der Waals surface area contributed by atoms with Gasteiger partial charge >= 0.3 is 13.6 Å². The summed E-state index contributed by atoms with van der Waals surface area (Å²) in [5, 5.41) is 0.0354. The molecule has 414 valence electrons. The van der Waals surface area contributed by atoms with Gasteiger partial charge < -0.3 is 65.6 Å². The van der Waals surface area contributed by atoms with Gasteiger partial charge in [0.25, 0.3) is 0 Å². The van der Waals surface area contributed by atoms with Crippen LogP contribution < -0.4 is 0 Å². The Morgan fingerprint density at radius 3 is 1.61 bits per heavy atom. The Labute approximate surface area is 428 Å². The monoisotopic (exact) mass is 1050 g/mol. The molecule has 0 N–H and O–H groups in total. The summed E-state index contributed by atoms with van der Waals surface area (Å²) in [5.41, 5.74) is -1.04. The minimum atomic E-state index is -3.67. The molecule has 0 radical (unpaired) electrons. The Morgan fingerprint density at radius 1 is 0.690 bits per heavy atom. The van der Waals surface area contributed by atoms with Gasteiger partial charge in [-0.25, -0.2) is 0 Å². The smallest absolute Gasteiger partial charge is 0.344 e. The van der Waals surface area contributed by atoms with Gasteiger partial charge in [-0.3, -0.25) is 9.36 Å². The van der Waals surface area contributed by atoms with E-state index < -0.39 is 63.1 Å². The predicted octanol–water partition coefficient (Wildman–Crippen LogP) is 11.5. The molecule has 5 heterocycles. The fourth-order valence-electron chi connectivity index (χ4n) is 11.4. The van der Waals surface area contributed by atoms with Crippen LogP contribution in [0.2, 0.25) is 18.1 Å². The lowest BCUT2D eigenvalue weighted by molar-refractivity contribution is -0.390. The third-order valence-corrected chi connectivity index (χ3v) is 22.0. The molecule has 1 unspecified atom stereocenters. The molecule has 5 rings (SSSR count). The molecule has 0 aromatic heterocycles. The first-order chi connectivity index (χ1) is 32.8. The van der Waals surface area contributed by atoms with E-state index in [9.17, 15) is 14.2 Å². The van der Waals surface area contributed by atoms with Crippen molar-refractivity contribution >= 4 is 28.2 Å². The standard InChI is InChI=1S/C53H97O16PSi/c1-19-57-70(56,58-20-2)36(6)48(55)60-47(34(3)4)35(5)21-22-38-25-40(63-50(11,12)62-38)27-41-28-42(65-51(13,14)64-41)29-43-30-44(67-52(15,16)66-43)31-45-32-53(61-37(7)59-45)33-46(26-39(68-53)23-24-54)69-71(17,18)49(8,9)10/h24,34-47H,19-23,25-33H2,1-18H3/t35-,36?,37+,38-,39+,40-,41+,42-,43+,44+,45+,46-,47-,53-/m0/s1. The number of ether oxygens (including phenoxy) is 10. The summed E-state index contributed by atoms with van der Waals surface area (Å²) in [4.78, 5) is 25.2. The summed E-state index contributed by atoms with van der Waals surface area (Å²) in [6.45, 7) is 36.5. The van der Waals surface area contributed by atoms with Crippen molar-refractivity contribution in [3.05, 3.63) is 0 Å². The van der Waals surface area contributed by atoms with Crippen LogP contribution in [0.1, 0.15) is 188 Å². The van der Waals surface area contributed by atoms with Crippen LogP contribution in [0.3, 0.4) is 0 Å². The molecular formula is C53H97O16PSi. The molecule has 16 nitrogen and oxygen atoms in total. The summed E-state index contributed by atoms with van der Waals surface area (Å²) in [6, 6.07) is 0. The van der Waals surface area contributed by atoms with Crippen molar-refractivity contribution in [2.24, 2.45) is 11.8 Å². The number of aldehydes is 1. The molecule has 14 atom stereocenters. The normalized spacial score (nSPS) is 34.9. The lowest BCUT2D eigenvalue weighted by atomic mass is 9.88. The van der Waals surface area contributed by atoms with Crippen molar-refractivity contribution in [2.45, 2.75) is 302 Å². The molecule has 0 saturated carbocycles. The summed E-state index contributed by atoms with van der Waals surface area (Å²) in [5.74, 6) is -3.94. The summed E-state index contributed by atoms with van der Waals surface area (Å²) in [7, 11) is -5.79. The van der Waals surface area contributed by atoms with E-state index in [0.717, 1.165) is 19.1 Å². The van der Waals surface area contributed by atoms with Crippen molar-refractivity contribution < 1.29 is 75.0 Å². The van der Waals surface area contributed by atoms with Crippen LogP contribution in [0.5, 0.6) is 0 Å². The molecule has 0 aromatic carbocycles. The van der Waals surface area contributed by atoms with Crippen LogP contribution in [0.4, 0.5) is 0 Å². The van der Waals surface area contributed by atoms with E-state index in [0.29, 0.717) is 57.8 Å². The van der Waals surface area contributed by atoms with E-state index in [1.165, 1.54) is 0 Å². The Morgan fingerprint density at radius 2 is 1.15 bits per heavy atom. The van der Waals surface area contributed by atoms with Crippen LogP contribution in [0.25, 0.3) is 0 Å². The quantitative estimate of drug-likeness (QED) is 0.0433. The minimum absolute atomic E-state index is 0.00709. The van der Waals surface area contributed by atoms with Gasteiger partial charge in [-0.1, -0.05) is 41.5 Å². The molecule has 71 heavy (non-hydrogen) atoms. The number of carbonyl (C=O) groups excluding carboxylic acids is 2. The number of esters is 1. The zero-order chi connectivity index (χ0) is 53.0.